The van der Waals surface area contributed by atoms with Gasteiger partial charge >= 0.3 is 0 Å². The van der Waals surface area contributed by atoms with Gasteiger partial charge in [-0.1, -0.05) is 27.7 Å². The molecule has 0 bridgehead atoms. The minimum Gasteiger partial charge on any atom is -0.316 e. The largest absolute Gasteiger partial charge is 0.316 e. The van der Waals surface area contributed by atoms with Crippen LogP contribution in [-0.2, 0) is 6.42 Å². The molecule has 0 spiro atoms. The molecule has 1 unspecified atom stereocenters. The van der Waals surface area contributed by atoms with Crippen molar-refractivity contribution in [2.75, 3.05) is 13.1 Å². The number of nitrogens with one attached hydrogen (secondary N) is 1. The summed E-state index contributed by atoms with van der Waals surface area (Å²) in [5.74, 6) is 0.631. The highest BCUT2D eigenvalue weighted by atomic mass is 79.9. The maximum absolute atomic E-state index is 4.48. The molecule has 0 saturated carbocycles. The van der Waals surface area contributed by atoms with Gasteiger partial charge in [-0.05, 0) is 52.4 Å². The normalized spacial score (nSPS) is 14.9. The van der Waals surface area contributed by atoms with Crippen LogP contribution in [0.1, 0.15) is 33.4 Å². The van der Waals surface area contributed by atoms with Gasteiger partial charge in [0.15, 0.2) is 0 Å². The van der Waals surface area contributed by atoms with Crippen molar-refractivity contribution in [1.29, 1.82) is 0 Å². The second kappa shape index (κ2) is 6.50. The summed E-state index contributed by atoms with van der Waals surface area (Å²) in [6.45, 7) is 11.1. The van der Waals surface area contributed by atoms with Crippen molar-refractivity contribution < 1.29 is 0 Å². The molecule has 1 aromatic rings. The third-order valence-corrected chi connectivity index (χ3v) is 4.02. The molecule has 1 aromatic heterocycles. The zero-order chi connectivity index (χ0) is 12.9. The molecule has 0 aliphatic rings. The van der Waals surface area contributed by atoms with Gasteiger partial charge in [0.1, 0.15) is 0 Å². The molecule has 0 aliphatic carbocycles. The fourth-order valence-corrected chi connectivity index (χ4v) is 2.04. The lowest BCUT2D eigenvalue weighted by molar-refractivity contribution is 0.207. The van der Waals surface area contributed by atoms with Crippen LogP contribution in [0.15, 0.2) is 22.8 Å². The van der Waals surface area contributed by atoms with Gasteiger partial charge in [-0.3, -0.25) is 4.98 Å². The van der Waals surface area contributed by atoms with Crippen LogP contribution >= 0.6 is 15.9 Å². The number of aromatic nitrogens is 1. The van der Waals surface area contributed by atoms with Crippen LogP contribution in [0, 0.1) is 11.3 Å². The van der Waals surface area contributed by atoms with Gasteiger partial charge in [-0.15, -0.1) is 0 Å². The zero-order valence-electron chi connectivity index (χ0n) is 11.3. The summed E-state index contributed by atoms with van der Waals surface area (Å²) in [6.07, 6.45) is 2.90. The first kappa shape index (κ1) is 14.7. The highest BCUT2D eigenvalue weighted by Gasteiger charge is 2.28. The second-order valence-electron chi connectivity index (χ2n) is 5.23. The topological polar surface area (TPSA) is 24.9 Å². The molecule has 1 atom stereocenters. The van der Waals surface area contributed by atoms with E-state index in [0.29, 0.717) is 5.92 Å². The number of pyridine rings is 1. The van der Waals surface area contributed by atoms with E-state index in [1.54, 1.807) is 0 Å². The molecular weight excluding hydrogens is 276 g/mol. The first-order chi connectivity index (χ1) is 7.98. The second-order valence-corrected chi connectivity index (χ2v) is 6.15. The highest BCUT2D eigenvalue weighted by molar-refractivity contribution is 9.10. The standard InChI is InChI=1S/C14H23BrN2/c1-5-16-10-14(4,11(2)3)8-13-7-6-12(15)9-17-13/h6-7,9,11,16H,5,8,10H2,1-4H3. The Kier molecular flexibility index (Phi) is 5.60. The molecule has 0 saturated heterocycles. The van der Waals surface area contributed by atoms with Gasteiger partial charge in [0, 0.05) is 22.9 Å². The van der Waals surface area contributed by atoms with Crippen molar-refractivity contribution in [3.8, 4) is 0 Å². The monoisotopic (exact) mass is 298 g/mol. The first-order valence-electron chi connectivity index (χ1n) is 6.29. The molecule has 1 rings (SSSR count). The van der Waals surface area contributed by atoms with Crippen LogP contribution in [0.2, 0.25) is 0 Å². The van der Waals surface area contributed by atoms with Crippen LogP contribution in [0.3, 0.4) is 0 Å². The summed E-state index contributed by atoms with van der Waals surface area (Å²) in [5, 5.41) is 3.46. The van der Waals surface area contributed by atoms with E-state index in [-0.39, 0.29) is 5.41 Å². The first-order valence-corrected chi connectivity index (χ1v) is 7.08. The summed E-state index contributed by atoms with van der Waals surface area (Å²) < 4.78 is 1.04. The van der Waals surface area contributed by atoms with Gasteiger partial charge in [0.25, 0.3) is 0 Å². The van der Waals surface area contributed by atoms with E-state index in [2.05, 4.69) is 66.1 Å². The lowest BCUT2D eigenvalue weighted by Crippen LogP contribution is -2.38. The van der Waals surface area contributed by atoms with Crippen LogP contribution in [0.5, 0.6) is 0 Å². The molecule has 17 heavy (non-hydrogen) atoms. The van der Waals surface area contributed by atoms with Crippen molar-refractivity contribution in [1.82, 2.24) is 10.3 Å². The Hall–Kier alpha value is -0.410. The molecule has 0 aliphatic heterocycles. The predicted molar refractivity (Wildman–Crippen MR) is 77.1 cm³/mol. The van der Waals surface area contributed by atoms with Crippen molar-refractivity contribution >= 4 is 15.9 Å². The zero-order valence-corrected chi connectivity index (χ0v) is 12.8. The van der Waals surface area contributed by atoms with Crippen molar-refractivity contribution in [2.45, 2.75) is 34.1 Å². The number of hydrogen-bond donors (Lipinski definition) is 1. The maximum atomic E-state index is 4.48. The SMILES string of the molecule is CCNCC(C)(Cc1ccc(Br)cn1)C(C)C. The van der Waals surface area contributed by atoms with Crippen molar-refractivity contribution in [3.05, 3.63) is 28.5 Å². The molecule has 3 heteroatoms. The number of rotatable bonds is 6. The average Bonchev–Trinajstić information content (AvgIpc) is 2.29. The number of hydrogen-bond acceptors (Lipinski definition) is 2. The van der Waals surface area contributed by atoms with Gasteiger partial charge in [-0.2, -0.15) is 0 Å². The van der Waals surface area contributed by atoms with E-state index in [4.69, 9.17) is 0 Å². The summed E-state index contributed by atoms with van der Waals surface area (Å²) >= 11 is 3.42. The van der Waals surface area contributed by atoms with Crippen molar-refractivity contribution in [2.24, 2.45) is 11.3 Å². The van der Waals surface area contributed by atoms with Crippen LogP contribution < -0.4 is 5.32 Å². The molecular formula is C14H23BrN2. The summed E-state index contributed by atoms with van der Waals surface area (Å²) in [7, 11) is 0. The van der Waals surface area contributed by atoms with E-state index < -0.39 is 0 Å². The Morgan fingerprint density at radius 1 is 1.41 bits per heavy atom. The Morgan fingerprint density at radius 2 is 2.12 bits per heavy atom. The van der Waals surface area contributed by atoms with E-state index in [1.165, 1.54) is 5.69 Å². The molecule has 1 N–H and O–H groups in total. The van der Waals surface area contributed by atoms with Gasteiger partial charge in [0.05, 0.1) is 0 Å². The van der Waals surface area contributed by atoms with Gasteiger partial charge < -0.3 is 5.32 Å². The number of nitrogens with zero attached hydrogens (tertiary/aromatic N) is 1. The average molecular weight is 299 g/mol. The Balaban J connectivity index is 2.75. The molecule has 0 radical (unpaired) electrons. The van der Waals surface area contributed by atoms with E-state index >= 15 is 0 Å². The van der Waals surface area contributed by atoms with E-state index in [1.807, 2.05) is 6.20 Å². The molecule has 1 heterocycles. The van der Waals surface area contributed by atoms with Crippen molar-refractivity contribution in [3.63, 3.8) is 0 Å². The number of halogens is 1. The summed E-state index contributed by atoms with van der Waals surface area (Å²) in [6, 6.07) is 4.17. The minimum absolute atomic E-state index is 0.261. The fourth-order valence-electron chi connectivity index (χ4n) is 1.81. The lowest BCUT2D eigenvalue weighted by atomic mass is 9.75. The third-order valence-electron chi connectivity index (χ3n) is 3.55. The smallest absolute Gasteiger partial charge is 0.0413 e. The molecule has 0 amide bonds. The summed E-state index contributed by atoms with van der Waals surface area (Å²) in [5.41, 5.74) is 1.43. The van der Waals surface area contributed by atoms with Crippen LogP contribution in [-0.4, -0.2) is 18.1 Å². The highest BCUT2D eigenvalue weighted by Crippen LogP contribution is 2.30. The molecule has 0 fully saturated rings. The minimum atomic E-state index is 0.261. The predicted octanol–water partition coefficient (Wildman–Crippen LogP) is 3.66. The molecule has 96 valence electrons. The van der Waals surface area contributed by atoms with Crippen LogP contribution in [0.4, 0.5) is 0 Å². The van der Waals surface area contributed by atoms with Gasteiger partial charge in [0.2, 0.25) is 0 Å². The fraction of sp³-hybridized carbons (Fsp3) is 0.643. The maximum Gasteiger partial charge on any atom is 0.0413 e. The Labute approximate surface area is 113 Å². The van der Waals surface area contributed by atoms with E-state index in [0.717, 1.165) is 24.0 Å². The third kappa shape index (κ3) is 4.40. The Bertz CT molecular complexity index is 335. The molecule has 2 nitrogen and oxygen atoms in total. The summed E-state index contributed by atoms with van der Waals surface area (Å²) in [4.78, 5) is 4.48. The Morgan fingerprint density at radius 3 is 2.59 bits per heavy atom. The van der Waals surface area contributed by atoms with E-state index in [9.17, 15) is 0 Å². The lowest BCUT2D eigenvalue weighted by Gasteiger charge is -2.34. The quantitative estimate of drug-likeness (QED) is 0.867. The molecule has 0 aromatic carbocycles. The van der Waals surface area contributed by atoms with Gasteiger partial charge in [-0.25, -0.2) is 0 Å². The van der Waals surface area contributed by atoms with Crippen LogP contribution in [0.25, 0.3) is 0 Å².